The monoisotopic (exact) mass is 405 g/mol. The molecule has 134 valence electrons. The number of anilines is 1. The number of aryl methyl sites for hydroxylation is 1. The lowest BCUT2D eigenvalue weighted by atomic mass is 9.95. The fourth-order valence-corrected chi connectivity index (χ4v) is 3.49. The van der Waals surface area contributed by atoms with E-state index in [-0.39, 0.29) is 5.91 Å². The maximum absolute atomic E-state index is 13.0. The summed E-state index contributed by atoms with van der Waals surface area (Å²) in [6.45, 7) is 3.73. The van der Waals surface area contributed by atoms with Crippen molar-refractivity contribution in [1.29, 1.82) is 0 Å². The number of thiocarbonyl (C=S) groups is 1. The highest BCUT2D eigenvalue weighted by molar-refractivity contribution is 7.80. The predicted molar refractivity (Wildman–Crippen MR) is 111 cm³/mol. The quantitative estimate of drug-likeness (QED) is 0.645. The van der Waals surface area contributed by atoms with Gasteiger partial charge in [0.1, 0.15) is 0 Å². The van der Waals surface area contributed by atoms with Crippen LogP contribution in [-0.4, -0.2) is 11.0 Å². The summed E-state index contributed by atoms with van der Waals surface area (Å²) < 4.78 is 0. The zero-order valence-corrected chi connectivity index (χ0v) is 16.5. The van der Waals surface area contributed by atoms with Gasteiger partial charge in [-0.3, -0.25) is 4.79 Å². The van der Waals surface area contributed by atoms with Crippen molar-refractivity contribution in [1.82, 2.24) is 10.6 Å². The van der Waals surface area contributed by atoms with Crippen LogP contribution >= 0.6 is 35.4 Å². The maximum Gasteiger partial charge on any atom is 0.255 e. The van der Waals surface area contributed by atoms with Gasteiger partial charge in [-0.2, -0.15) is 0 Å². The first kappa shape index (κ1) is 18.7. The fraction of sp³-hybridized carbons (Fsp3) is 0.158. The molecule has 3 N–H and O–H groups in total. The zero-order chi connectivity index (χ0) is 18.8. The Balaban J connectivity index is 1.98. The van der Waals surface area contributed by atoms with Gasteiger partial charge in [0.15, 0.2) is 5.11 Å². The van der Waals surface area contributed by atoms with E-state index in [0.29, 0.717) is 32.1 Å². The van der Waals surface area contributed by atoms with Gasteiger partial charge in [-0.15, -0.1) is 0 Å². The molecule has 0 unspecified atom stereocenters. The van der Waals surface area contributed by atoms with Crippen LogP contribution in [-0.2, 0) is 4.79 Å². The van der Waals surface area contributed by atoms with E-state index in [2.05, 4.69) is 16.0 Å². The van der Waals surface area contributed by atoms with E-state index >= 15 is 0 Å². The summed E-state index contributed by atoms with van der Waals surface area (Å²) in [5.41, 5.74) is 3.68. The summed E-state index contributed by atoms with van der Waals surface area (Å²) in [6, 6.07) is 12.3. The summed E-state index contributed by atoms with van der Waals surface area (Å²) in [5, 5.41) is 10.7. The zero-order valence-electron chi connectivity index (χ0n) is 14.2. The SMILES string of the molecule is CC1=C(C(=O)Nc2cc(Cl)ccc2C)[C@H](c2cccc(Cl)c2)NC(=S)N1. The van der Waals surface area contributed by atoms with Gasteiger partial charge in [0.2, 0.25) is 0 Å². The standard InChI is InChI=1S/C19H17Cl2N3OS/c1-10-6-7-14(21)9-15(10)23-18(25)16-11(2)22-19(26)24-17(16)12-4-3-5-13(20)8-12/h3-9,17H,1-2H3,(H,23,25)(H2,22,24,26)/t17-/m0/s1. The second-order valence-electron chi connectivity index (χ2n) is 6.04. The Labute approximate surface area is 167 Å². The summed E-state index contributed by atoms with van der Waals surface area (Å²) >= 11 is 17.4. The smallest absolute Gasteiger partial charge is 0.255 e. The van der Waals surface area contributed by atoms with E-state index in [9.17, 15) is 4.79 Å². The third-order valence-corrected chi connectivity index (χ3v) is 4.83. The van der Waals surface area contributed by atoms with Crippen molar-refractivity contribution in [3.8, 4) is 0 Å². The van der Waals surface area contributed by atoms with Crippen molar-refractivity contribution in [3.05, 3.63) is 74.9 Å². The molecule has 1 amide bonds. The maximum atomic E-state index is 13.0. The van der Waals surface area contributed by atoms with Gasteiger partial charge in [-0.05, 0) is 61.5 Å². The molecule has 0 bridgehead atoms. The van der Waals surface area contributed by atoms with Crippen molar-refractivity contribution in [2.45, 2.75) is 19.9 Å². The highest BCUT2D eigenvalue weighted by Crippen LogP contribution is 2.30. The minimum atomic E-state index is -0.401. The van der Waals surface area contributed by atoms with Gasteiger partial charge in [-0.1, -0.05) is 41.4 Å². The highest BCUT2D eigenvalue weighted by atomic mass is 35.5. The molecule has 1 aliphatic rings. The number of benzene rings is 2. The van der Waals surface area contributed by atoms with Gasteiger partial charge in [0, 0.05) is 21.4 Å². The molecule has 1 atom stereocenters. The molecule has 4 nitrogen and oxygen atoms in total. The van der Waals surface area contributed by atoms with Crippen molar-refractivity contribution in [2.75, 3.05) is 5.32 Å². The molecule has 26 heavy (non-hydrogen) atoms. The lowest BCUT2D eigenvalue weighted by Crippen LogP contribution is -2.45. The predicted octanol–water partition coefficient (Wildman–Crippen LogP) is 4.73. The second kappa shape index (κ2) is 7.66. The Kier molecular flexibility index (Phi) is 5.51. The number of carbonyl (C=O) groups excluding carboxylic acids is 1. The van der Waals surface area contributed by atoms with Gasteiger partial charge < -0.3 is 16.0 Å². The molecule has 1 aliphatic heterocycles. The van der Waals surface area contributed by atoms with Crippen LogP contribution in [0.1, 0.15) is 24.1 Å². The van der Waals surface area contributed by atoms with E-state index in [1.54, 1.807) is 18.2 Å². The summed E-state index contributed by atoms with van der Waals surface area (Å²) in [4.78, 5) is 13.0. The number of halogens is 2. The molecule has 7 heteroatoms. The van der Waals surface area contributed by atoms with Gasteiger partial charge in [-0.25, -0.2) is 0 Å². The molecular weight excluding hydrogens is 389 g/mol. The molecule has 0 aromatic heterocycles. The largest absolute Gasteiger partial charge is 0.351 e. The molecule has 1 heterocycles. The third kappa shape index (κ3) is 4.01. The van der Waals surface area contributed by atoms with Gasteiger partial charge in [0.25, 0.3) is 5.91 Å². The number of hydrogen-bond donors (Lipinski definition) is 3. The van der Waals surface area contributed by atoms with Crippen LogP contribution in [0.2, 0.25) is 10.0 Å². The van der Waals surface area contributed by atoms with Crippen molar-refractivity contribution in [3.63, 3.8) is 0 Å². The lowest BCUT2D eigenvalue weighted by molar-refractivity contribution is -0.113. The average Bonchev–Trinajstić information content (AvgIpc) is 2.57. The van der Waals surface area contributed by atoms with Crippen LogP contribution in [0, 0.1) is 6.92 Å². The Morgan fingerprint density at radius 2 is 1.85 bits per heavy atom. The van der Waals surface area contributed by atoms with Crippen LogP contribution in [0.15, 0.2) is 53.7 Å². The fourth-order valence-electron chi connectivity index (χ4n) is 2.85. The van der Waals surface area contributed by atoms with Crippen molar-refractivity contribution in [2.24, 2.45) is 0 Å². The topological polar surface area (TPSA) is 53.2 Å². The number of carbonyl (C=O) groups is 1. The van der Waals surface area contributed by atoms with E-state index in [1.165, 1.54) is 0 Å². The Bertz CT molecular complexity index is 927. The summed E-state index contributed by atoms with van der Waals surface area (Å²) in [6.07, 6.45) is 0. The van der Waals surface area contributed by atoms with Crippen LogP contribution in [0.25, 0.3) is 0 Å². The molecule has 0 saturated carbocycles. The molecule has 0 radical (unpaired) electrons. The second-order valence-corrected chi connectivity index (χ2v) is 7.32. The molecule has 0 saturated heterocycles. The first-order valence-electron chi connectivity index (χ1n) is 7.96. The molecule has 3 rings (SSSR count). The van der Waals surface area contributed by atoms with E-state index in [4.69, 9.17) is 35.4 Å². The molecule has 2 aromatic carbocycles. The number of amides is 1. The van der Waals surface area contributed by atoms with Crippen LogP contribution in [0.5, 0.6) is 0 Å². The van der Waals surface area contributed by atoms with Crippen molar-refractivity contribution < 1.29 is 4.79 Å². The number of hydrogen-bond acceptors (Lipinski definition) is 2. The average molecular weight is 406 g/mol. The molecule has 0 aliphatic carbocycles. The normalized spacial score (nSPS) is 16.8. The molecule has 2 aromatic rings. The summed E-state index contributed by atoms with van der Waals surface area (Å²) in [5.74, 6) is -0.236. The summed E-state index contributed by atoms with van der Waals surface area (Å²) in [7, 11) is 0. The lowest BCUT2D eigenvalue weighted by Gasteiger charge is -2.30. The van der Waals surface area contributed by atoms with Gasteiger partial charge >= 0.3 is 0 Å². The molecule has 0 spiro atoms. The van der Waals surface area contributed by atoms with Crippen LogP contribution in [0.4, 0.5) is 5.69 Å². The van der Waals surface area contributed by atoms with Gasteiger partial charge in [0.05, 0.1) is 11.6 Å². The van der Waals surface area contributed by atoms with Crippen molar-refractivity contribution >= 4 is 52.1 Å². The van der Waals surface area contributed by atoms with E-state index in [1.807, 2.05) is 38.1 Å². The van der Waals surface area contributed by atoms with E-state index in [0.717, 1.165) is 11.1 Å². The highest BCUT2D eigenvalue weighted by Gasteiger charge is 2.30. The Morgan fingerprint density at radius 1 is 1.12 bits per heavy atom. The first-order valence-corrected chi connectivity index (χ1v) is 9.13. The first-order chi connectivity index (χ1) is 12.3. The minimum Gasteiger partial charge on any atom is -0.351 e. The molecule has 0 fully saturated rings. The number of rotatable bonds is 3. The Morgan fingerprint density at radius 3 is 2.58 bits per heavy atom. The van der Waals surface area contributed by atoms with Crippen LogP contribution in [0.3, 0.4) is 0 Å². The number of nitrogens with one attached hydrogen (secondary N) is 3. The minimum absolute atomic E-state index is 0.236. The van der Waals surface area contributed by atoms with Crippen LogP contribution < -0.4 is 16.0 Å². The third-order valence-electron chi connectivity index (χ3n) is 4.14. The molecular formula is C19H17Cl2N3OS. The number of allylic oxidation sites excluding steroid dienone is 1. The Hall–Kier alpha value is -2.08. The van der Waals surface area contributed by atoms with E-state index < -0.39 is 6.04 Å².